The number of hydrogen-bond donors (Lipinski definition) is 2. The van der Waals surface area contributed by atoms with Crippen LogP contribution in [-0.2, 0) is 4.79 Å². The highest BCUT2D eigenvalue weighted by molar-refractivity contribution is 6.32. The minimum Gasteiger partial charge on any atom is -0.482 e. The summed E-state index contributed by atoms with van der Waals surface area (Å²) >= 11 is 6.28. The lowest BCUT2D eigenvalue weighted by Gasteiger charge is -2.10. The van der Waals surface area contributed by atoms with Crippen molar-refractivity contribution in [3.63, 3.8) is 0 Å². The fraction of sp³-hybridized carbons (Fsp3) is 0.0800. The zero-order chi connectivity index (χ0) is 23.1. The molecule has 3 aromatic rings. The molecule has 0 atom stereocenters. The van der Waals surface area contributed by atoms with Crippen molar-refractivity contribution in [1.82, 2.24) is 0 Å². The summed E-state index contributed by atoms with van der Waals surface area (Å²) in [5.74, 6) is -1.01. The van der Waals surface area contributed by atoms with Crippen LogP contribution in [0.2, 0.25) is 5.02 Å². The lowest BCUT2D eigenvalue weighted by molar-refractivity contribution is -0.118. The van der Waals surface area contributed by atoms with E-state index in [1.807, 2.05) is 31.2 Å². The molecule has 0 saturated heterocycles. The van der Waals surface area contributed by atoms with Gasteiger partial charge in [0.2, 0.25) is 0 Å². The maximum absolute atomic E-state index is 12.1. The van der Waals surface area contributed by atoms with Crippen molar-refractivity contribution < 1.29 is 19.4 Å². The number of halogens is 1. The number of carbonyl (C=O) groups is 2. The second kappa shape index (κ2) is 10.3. The fourth-order valence-electron chi connectivity index (χ4n) is 2.84. The lowest BCUT2D eigenvalue weighted by atomic mass is 10.0. The van der Waals surface area contributed by atoms with Gasteiger partial charge < -0.3 is 15.2 Å². The van der Waals surface area contributed by atoms with Crippen molar-refractivity contribution in [2.24, 2.45) is 0 Å². The number of carbonyl (C=O) groups excluding carboxylic acids is 1. The SMILES string of the molecule is Cc1ccc(NC(=O)COc2ccc(C=C(C#N)c3ccc(C(=O)O)cc3)cc2Cl)cc1. The largest absolute Gasteiger partial charge is 0.482 e. The third kappa shape index (κ3) is 5.97. The van der Waals surface area contributed by atoms with E-state index in [4.69, 9.17) is 21.4 Å². The Balaban J connectivity index is 1.67. The molecule has 0 saturated carbocycles. The van der Waals surface area contributed by atoms with Crippen LogP contribution >= 0.6 is 11.6 Å². The van der Waals surface area contributed by atoms with Gasteiger partial charge >= 0.3 is 5.97 Å². The van der Waals surface area contributed by atoms with Crippen LogP contribution in [0.3, 0.4) is 0 Å². The molecule has 2 N–H and O–H groups in total. The molecule has 6 nitrogen and oxygen atoms in total. The van der Waals surface area contributed by atoms with Gasteiger partial charge in [0.25, 0.3) is 5.91 Å². The first-order valence-electron chi connectivity index (χ1n) is 9.60. The minimum atomic E-state index is -1.03. The average Bonchev–Trinajstić information content (AvgIpc) is 2.78. The maximum Gasteiger partial charge on any atom is 0.335 e. The van der Waals surface area contributed by atoms with Gasteiger partial charge in [-0.15, -0.1) is 0 Å². The number of aromatic carboxylic acids is 1. The van der Waals surface area contributed by atoms with Crippen molar-refractivity contribution in [3.8, 4) is 11.8 Å². The van der Waals surface area contributed by atoms with Crippen molar-refractivity contribution in [2.75, 3.05) is 11.9 Å². The highest BCUT2D eigenvalue weighted by Crippen LogP contribution is 2.28. The number of ether oxygens (including phenoxy) is 1. The molecule has 0 aromatic heterocycles. The molecule has 3 rings (SSSR count). The van der Waals surface area contributed by atoms with Crippen molar-refractivity contribution in [1.29, 1.82) is 5.26 Å². The number of nitriles is 1. The highest BCUT2D eigenvalue weighted by Gasteiger charge is 2.09. The molecule has 0 heterocycles. The first-order chi connectivity index (χ1) is 15.4. The van der Waals surface area contributed by atoms with E-state index in [0.717, 1.165) is 5.56 Å². The first-order valence-corrected chi connectivity index (χ1v) is 9.98. The van der Waals surface area contributed by atoms with Gasteiger partial charge in [0.1, 0.15) is 5.75 Å². The molecular formula is C25H19ClN2O4. The number of amides is 1. The van der Waals surface area contributed by atoms with Crippen LogP contribution in [0.1, 0.15) is 27.0 Å². The summed E-state index contributed by atoms with van der Waals surface area (Å²) in [6.45, 7) is 1.76. The first kappa shape index (κ1) is 22.6. The average molecular weight is 447 g/mol. The summed E-state index contributed by atoms with van der Waals surface area (Å²) in [6.07, 6.45) is 1.63. The van der Waals surface area contributed by atoms with Crippen LogP contribution < -0.4 is 10.1 Å². The van der Waals surface area contributed by atoms with Crippen LogP contribution in [0.25, 0.3) is 11.6 Å². The van der Waals surface area contributed by atoms with Gasteiger partial charge in [0.15, 0.2) is 6.61 Å². The van der Waals surface area contributed by atoms with Crippen molar-refractivity contribution in [3.05, 3.63) is 94.0 Å². The van der Waals surface area contributed by atoms with Gasteiger partial charge in [-0.05, 0) is 60.5 Å². The molecule has 0 bridgehead atoms. The second-order valence-corrected chi connectivity index (χ2v) is 7.35. The van der Waals surface area contributed by atoms with Crippen LogP contribution in [0.5, 0.6) is 5.75 Å². The predicted molar refractivity (Wildman–Crippen MR) is 124 cm³/mol. The standard InChI is InChI=1S/C25H19ClN2O4/c1-16-2-9-21(10-3-16)28-24(29)15-32-23-11-4-17(13-22(23)26)12-20(14-27)18-5-7-19(8-6-18)25(30)31/h2-13H,15H2,1H3,(H,28,29)(H,30,31). The number of anilines is 1. The van der Waals surface area contributed by atoms with Gasteiger partial charge in [-0.25, -0.2) is 4.79 Å². The molecule has 0 spiro atoms. The fourth-order valence-corrected chi connectivity index (χ4v) is 3.08. The molecule has 1 amide bonds. The van der Waals surface area contributed by atoms with Crippen LogP contribution in [0, 0.1) is 18.3 Å². The number of allylic oxidation sites excluding steroid dienone is 1. The Morgan fingerprint density at radius 3 is 2.31 bits per heavy atom. The number of carboxylic acids is 1. The van der Waals surface area contributed by atoms with E-state index in [2.05, 4.69) is 11.4 Å². The van der Waals surface area contributed by atoms with Gasteiger partial charge in [0.05, 0.1) is 22.2 Å². The van der Waals surface area contributed by atoms with Crippen LogP contribution in [0.15, 0.2) is 66.7 Å². The number of hydrogen-bond acceptors (Lipinski definition) is 4. The van der Waals surface area contributed by atoms with E-state index >= 15 is 0 Å². The van der Waals surface area contributed by atoms with Gasteiger partial charge in [0, 0.05) is 5.69 Å². The van der Waals surface area contributed by atoms with Crippen LogP contribution in [-0.4, -0.2) is 23.6 Å². The Morgan fingerprint density at radius 1 is 1.06 bits per heavy atom. The number of nitrogens with zero attached hydrogens (tertiary/aromatic N) is 1. The summed E-state index contributed by atoms with van der Waals surface area (Å²) in [6, 6.07) is 20.5. The molecule has 32 heavy (non-hydrogen) atoms. The Hall–Kier alpha value is -4.08. The van der Waals surface area contributed by atoms with Gasteiger partial charge in [-0.3, -0.25) is 4.79 Å². The number of carboxylic acid groups (broad SMARTS) is 1. The maximum atomic E-state index is 12.1. The smallest absolute Gasteiger partial charge is 0.335 e. The quantitative estimate of drug-likeness (QED) is 0.372. The molecule has 3 aromatic carbocycles. The number of rotatable bonds is 7. The van der Waals surface area contributed by atoms with Crippen molar-refractivity contribution in [2.45, 2.75) is 6.92 Å². The molecule has 0 aliphatic heterocycles. The summed E-state index contributed by atoms with van der Waals surface area (Å²) in [4.78, 5) is 23.1. The Kier molecular flexibility index (Phi) is 7.27. The highest BCUT2D eigenvalue weighted by atomic mass is 35.5. The molecule has 0 aliphatic carbocycles. The molecule has 160 valence electrons. The normalized spacial score (nSPS) is 10.8. The monoisotopic (exact) mass is 446 g/mol. The summed E-state index contributed by atoms with van der Waals surface area (Å²) < 4.78 is 5.52. The zero-order valence-corrected chi connectivity index (χ0v) is 17.9. The third-order valence-electron chi connectivity index (χ3n) is 4.52. The van der Waals surface area contributed by atoms with Crippen molar-refractivity contribution >= 4 is 40.8 Å². The summed E-state index contributed by atoms with van der Waals surface area (Å²) in [7, 11) is 0. The molecule has 0 unspecified atom stereocenters. The van der Waals surface area contributed by atoms with E-state index in [1.165, 1.54) is 12.1 Å². The van der Waals surface area contributed by atoms with E-state index in [0.29, 0.717) is 33.2 Å². The summed E-state index contributed by atoms with van der Waals surface area (Å²) in [5, 5.41) is 21.5. The minimum absolute atomic E-state index is 0.141. The molecule has 0 radical (unpaired) electrons. The van der Waals surface area contributed by atoms with E-state index < -0.39 is 5.97 Å². The zero-order valence-electron chi connectivity index (χ0n) is 17.1. The molecule has 0 fully saturated rings. The lowest BCUT2D eigenvalue weighted by Crippen LogP contribution is -2.20. The predicted octanol–water partition coefficient (Wildman–Crippen LogP) is 5.43. The molecular weight excluding hydrogens is 428 g/mol. The number of benzene rings is 3. The van der Waals surface area contributed by atoms with Gasteiger partial charge in [-0.2, -0.15) is 5.26 Å². The molecule has 7 heteroatoms. The van der Waals surface area contributed by atoms with Gasteiger partial charge in [-0.1, -0.05) is 47.5 Å². The Morgan fingerprint density at radius 2 is 1.72 bits per heavy atom. The number of aryl methyl sites for hydroxylation is 1. The van der Waals surface area contributed by atoms with E-state index in [9.17, 15) is 14.9 Å². The molecule has 0 aliphatic rings. The number of nitrogens with one attached hydrogen (secondary N) is 1. The Bertz CT molecular complexity index is 1210. The van der Waals surface area contributed by atoms with Crippen LogP contribution in [0.4, 0.5) is 5.69 Å². The van der Waals surface area contributed by atoms with E-state index in [-0.39, 0.29) is 18.1 Å². The summed E-state index contributed by atoms with van der Waals surface area (Å²) in [5.41, 5.74) is 3.51. The second-order valence-electron chi connectivity index (χ2n) is 6.95. The van der Waals surface area contributed by atoms with E-state index in [1.54, 1.807) is 36.4 Å². The Labute approximate surface area is 190 Å². The topological polar surface area (TPSA) is 99.4 Å². The third-order valence-corrected chi connectivity index (χ3v) is 4.82.